The summed E-state index contributed by atoms with van der Waals surface area (Å²) in [6, 6.07) is 7.67. The molecule has 0 aromatic heterocycles. The number of hydrazine groups is 1. The second kappa shape index (κ2) is 8.04. The van der Waals surface area contributed by atoms with E-state index in [0.29, 0.717) is 24.7 Å². The fourth-order valence-corrected chi connectivity index (χ4v) is 4.90. The van der Waals surface area contributed by atoms with Crippen molar-refractivity contribution in [3.63, 3.8) is 0 Å². The Morgan fingerprint density at radius 1 is 1.21 bits per heavy atom. The lowest BCUT2D eigenvalue weighted by atomic mass is 9.81. The lowest BCUT2D eigenvalue weighted by molar-refractivity contribution is -0.184. The number of nitrogens with zero attached hydrogens (tertiary/aromatic N) is 3. The van der Waals surface area contributed by atoms with Gasteiger partial charge in [-0.25, -0.2) is 5.43 Å². The van der Waals surface area contributed by atoms with Gasteiger partial charge in [-0.15, -0.1) is 11.6 Å². The van der Waals surface area contributed by atoms with Crippen LogP contribution in [0, 0.1) is 0 Å². The van der Waals surface area contributed by atoms with Crippen molar-refractivity contribution in [3.05, 3.63) is 34.9 Å². The van der Waals surface area contributed by atoms with E-state index >= 15 is 0 Å². The molecule has 3 saturated heterocycles. The van der Waals surface area contributed by atoms with Crippen molar-refractivity contribution in [3.8, 4) is 0 Å². The van der Waals surface area contributed by atoms with E-state index in [0.717, 1.165) is 18.5 Å². The Hall–Kier alpha value is -1.38. The Morgan fingerprint density at radius 2 is 1.90 bits per heavy atom. The summed E-state index contributed by atoms with van der Waals surface area (Å²) in [7, 11) is 0. The minimum absolute atomic E-state index is 0.00782. The molecule has 4 rings (SSSR count). The third-order valence-electron chi connectivity index (χ3n) is 6.18. The monoisotopic (exact) mass is 439 g/mol. The smallest absolute Gasteiger partial charge is 0.251 e. The molecule has 7 nitrogen and oxygen atoms in total. The van der Waals surface area contributed by atoms with E-state index in [1.807, 2.05) is 38.1 Å². The van der Waals surface area contributed by atoms with Gasteiger partial charge in [0, 0.05) is 43.3 Å². The van der Waals surface area contributed by atoms with Crippen LogP contribution >= 0.6 is 23.2 Å². The normalized spacial score (nSPS) is 27.6. The molecule has 3 fully saturated rings. The molecule has 3 heterocycles. The molecule has 0 aliphatic carbocycles. The number of likely N-dealkylation sites (tertiary alicyclic amines) is 1. The Labute approximate surface area is 181 Å². The van der Waals surface area contributed by atoms with Crippen LogP contribution in [0.4, 0.5) is 0 Å². The Morgan fingerprint density at radius 3 is 2.52 bits per heavy atom. The molecule has 2 unspecified atom stereocenters. The van der Waals surface area contributed by atoms with Gasteiger partial charge in [0.05, 0.1) is 5.50 Å². The van der Waals surface area contributed by atoms with Crippen LogP contribution in [0.1, 0.15) is 25.8 Å². The number of carbonyl (C=O) groups excluding carboxylic acids is 2. The average molecular weight is 440 g/mol. The van der Waals surface area contributed by atoms with Crippen LogP contribution in [0.15, 0.2) is 24.3 Å². The van der Waals surface area contributed by atoms with Crippen molar-refractivity contribution in [2.24, 2.45) is 0 Å². The van der Waals surface area contributed by atoms with Gasteiger partial charge in [-0.3, -0.25) is 19.9 Å². The number of piperazine rings is 1. The molecule has 3 aliphatic rings. The van der Waals surface area contributed by atoms with Gasteiger partial charge in [0.25, 0.3) is 5.91 Å². The Kier molecular flexibility index (Phi) is 5.79. The zero-order valence-electron chi connectivity index (χ0n) is 16.7. The maximum Gasteiger partial charge on any atom is 0.251 e. The van der Waals surface area contributed by atoms with Crippen molar-refractivity contribution in [1.29, 1.82) is 0 Å². The van der Waals surface area contributed by atoms with E-state index in [4.69, 9.17) is 23.2 Å². The topological polar surface area (TPSA) is 67.9 Å². The Bertz CT molecular complexity index is 782. The lowest BCUT2D eigenvalue weighted by Crippen LogP contribution is -2.82. The summed E-state index contributed by atoms with van der Waals surface area (Å²) < 4.78 is 0. The number of carbonyl (C=O) groups is 2. The quantitative estimate of drug-likeness (QED) is 0.548. The maximum atomic E-state index is 13.5. The van der Waals surface area contributed by atoms with Gasteiger partial charge in [0.1, 0.15) is 12.1 Å². The van der Waals surface area contributed by atoms with Crippen LogP contribution in [0.3, 0.4) is 0 Å². The molecule has 1 aromatic rings. The zero-order chi connectivity index (χ0) is 20.8. The van der Waals surface area contributed by atoms with Crippen LogP contribution in [-0.2, 0) is 16.1 Å². The SMILES string of the molecule is CC(C)N1CC(=O)N(Cc2ccc(Cl)cc2)C2(CN(C3CNNC(Cl)C3)C2)C1=O. The summed E-state index contributed by atoms with van der Waals surface area (Å²) >= 11 is 12.2. The van der Waals surface area contributed by atoms with Crippen LogP contribution in [0.5, 0.6) is 0 Å². The molecule has 3 aliphatic heterocycles. The summed E-state index contributed by atoms with van der Waals surface area (Å²) in [5, 5.41) is 0.652. The van der Waals surface area contributed by atoms with Gasteiger partial charge in [-0.1, -0.05) is 23.7 Å². The van der Waals surface area contributed by atoms with E-state index in [9.17, 15) is 9.59 Å². The molecular weight excluding hydrogens is 413 g/mol. The van der Waals surface area contributed by atoms with Crippen LogP contribution in [-0.4, -0.2) is 75.8 Å². The molecule has 158 valence electrons. The van der Waals surface area contributed by atoms with Crippen LogP contribution < -0.4 is 10.9 Å². The fraction of sp³-hybridized carbons (Fsp3) is 0.600. The highest BCUT2D eigenvalue weighted by molar-refractivity contribution is 6.30. The number of rotatable bonds is 4. The fourth-order valence-electron chi connectivity index (χ4n) is 4.49. The minimum Gasteiger partial charge on any atom is -0.329 e. The highest BCUT2D eigenvalue weighted by atomic mass is 35.5. The molecule has 2 amide bonds. The number of nitrogens with one attached hydrogen (secondary N) is 2. The predicted octanol–water partition coefficient (Wildman–Crippen LogP) is 1.41. The zero-order valence-corrected chi connectivity index (χ0v) is 18.2. The molecule has 0 bridgehead atoms. The number of benzene rings is 1. The van der Waals surface area contributed by atoms with Gasteiger partial charge < -0.3 is 9.80 Å². The predicted molar refractivity (Wildman–Crippen MR) is 112 cm³/mol. The molecular formula is C20H27Cl2N5O2. The van der Waals surface area contributed by atoms with Crippen molar-refractivity contribution < 1.29 is 9.59 Å². The molecule has 29 heavy (non-hydrogen) atoms. The number of hydrogen-bond acceptors (Lipinski definition) is 5. The third kappa shape index (κ3) is 3.86. The molecule has 1 spiro atoms. The molecule has 2 N–H and O–H groups in total. The third-order valence-corrected chi connectivity index (χ3v) is 6.72. The molecule has 0 saturated carbocycles. The van der Waals surface area contributed by atoms with Crippen molar-refractivity contribution >= 4 is 35.0 Å². The van der Waals surface area contributed by atoms with Crippen LogP contribution in [0.2, 0.25) is 5.02 Å². The first kappa shape index (κ1) is 20.9. The Balaban J connectivity index is 1.58. The van der Waals surface area contributed by atoms with E-state index in [2.05, 4.69) is 15.8 Å². The number of halogens is 2. The molecule has 2 atom stereocenters. The van der Waals surface area contributed by atoms with E-state index in [-0.39, 0.29) is 35.9 Å². The largest absolute Gasteiger partial charge is 0.329 e. The molecule has 1 aromatic carbocycles. The summed E-state index contributed by atoms with van der Waals surface area (Å²) in [6.45, 7) is 6.27. The summed E-state index contributed by atoms with van der Waals surface area (Å²) in [5.74, 6) is 0.0354. The first-order valence-electron chi connectivity index (χ1n) is 10.0. The van der Waals surface area contributed by atoms with Gasteiger partial charge in [0.15, 0.2) is 0 Å². The maximum absolute atomic E-state index is 13.5. The minimum atomic E-state index is -0.814. The molecule has 0 radical (unpaired) electrons. The number of amides is 2. The first-order chi connectivity index (χ1) is 13.8. The van der Waals surface area contributed by atoms with Crippen LogP contribution in [0.25, 0.3) is 0 Å². The van der Waals surface area contributed by atoms with Gasteiger partial charge >= 0.3 is 0 Å². The van der Waals surface area contributed by atoms with Gasteiger partial charge in [0.2, 0.25) is 5.91 Å². The van der Waals surface area contributed by atoms with E-state index in [1.165, 1.54) is 0 Å². The second-order valence-electron chi connectivity index (χ2n) is 8.45. The second-order valence-corrected chi connectivity index (χ2v) is 9.42. The van der Waals surface area contributed by atoms with Crippen molar-refractivity contribution in [1.82, 2.24) is 25.6 Å². The number of alkyl halides is 1. The highest BCUT2D eigenvalue weighted by Gasteiger charge is 2.60. The molecule has 9 heteroatoms. The standard InChI is InChI=1S/C20H27Cl2N5O2/c1-13(2)26-10-18(28)27(9-14-3-5-15(21)6-4-14)20(19(26)29)11-25(12-20)16-7-17(22)24-23-8-16/h3-6,13,16-17,23-24H,7-12H2,1-2H3. The summed E-state index contributed by atoms with van der Waals surface area (Å²) in [6.07, 6.45) is 0.790. The summed E-state index contributed by atoms with van der Waals surface area (Å²) in [5.41, 5.74) is 6.13. The average Bonchev–Trinajstić information content (AvgIpc) is 2.64. The summed E-state index contributed by atoms with van der Waals surface area (Å²) in [4.78, 5) is 32.4. The van der Waals surface area contributed by atoms with Gasteiger partial charge in [-0.2, -0.15) is 0 Å². The first-order valence-corrected chi connectivity index (χ1v) is 10.8. The number of hydrogen-bond donors (Lipinski definition) is 2. The van der Waals surface area contributed by atoms with Crippen molar-refractivity contribution in [2.75, 3.05) is 26.2 Å². The van der Waals surface area contributed by atoms with Gasteiger partial charge in [-0.05, 0) is 38.0 Å². The highest BCUT2D eigenvalue weighted by Crippen LogP contribution is 2.37. The van der Waals surface area contributed by atoms with Crippen molar-refractivity contribution in [2.45, 2.75) is 49.9 Å². The lowest BCUT2D eigenvalue weighted by Gasteiger charge is -2.60. The van der Waals surface area contributed by atoms with E-state index in [1.54, 1.807) is 9.80 Å². The van der Waals surface area contributed by atoms with E-state index < -0.39 is 5.54 Å².